The standard InChI is InChI=1S/C16H20FNO6/c1-16(2,3)24-15(22)18-12(13(19)20)8-9-5-6-11(17)10(7-9)14(21)23-4/h5-7,12H,8H2,1-4H3,(H,18,22)(H,19,20)/t12-/m0/s1. The molecule has 0 saturated carbocycles. The Hall–Kier alpha value is -2.64. The highest BCUT2D eigenvalue weighted by Crippen LogP contribution is 2.14. The number of aliphatic carboxylic acids is 1. The molecule has 1 amide bonds. The molecule has 0 aromatic heterocycles. The molecule has 0 aliphatic rings. The lowest BCUT2D eigenvalue weighted by molar-refractivity contribution is -0.139. The van der Waals surface area contributed by atoms with E-state index >= 15 is 0 Å². The fourth-order valence-corrected chi connectivity index (χ4v) is 1.85. The zero-order valence-electron chi connectivity index (χ0n) is 13.9. The Labute approximate surface area is 138 Å². The summed E-state index contributed by atoms with van der Waals surface area (Å²) in [6.07, 6.45) is -1.04. The number of hydrogen-bond donors (Lipinski definition) is 2. The molecule has 0 saturated heterocycles. The molecule has 8 heteroatoms. The van der Waals surface area contributed by atoms with Gasteiger partial charge >= 0.3 is 18.0 Å². The first-order chi connectivity index (χ1) is 11.0. The lowest BCUT2D eigenvalue weighted by Gasteiger charge is -2.22. The maximum atomic E-state index is 13.6. The Balaban J connectivity index is 2.92. The highest BCUT2D eigenvalue weighted by Gasteiger charge is 2.25. The first kappa shape index (κ1) is 19.4. The van der Waals surface area contributed by atoms with Crippen LogP contribution in [0.5, 0.6) is 0 Å². The first-order valence-electron chi connectivity index (χ1n) is 7.12. The van der Waals surface area contributed by atoms with E-state index < -0.39 is 35.5 Å². The zero-order valence-corrected chi connectivity index (χ0v) is 13.9. The summed E-state index contributed by atoms with van der Waals surface area (Å²) in [5, 5.41) is 11.5. The van der Waals surface area contributed by atoms with Crippen LogP contribution in [0.3, 0.4) is 0 Å². The van der Waals surface area contributed by atoms with E-state index in [9.17, 15) is 23.9 Å². The van der Waals surface area contributed by atoms with Gasteiger partial charge in [0, 0.05) is 6.42 Å². The van der Waals surface area contributed by atoms with Crippen molar-refractivity contribution in [3.05, 3.63) is 35.1 Å². The number of hydrogen-bond acceptors (Lipinski definition) is 5. The number of methoxy groups -OCH3 is 1. The molecule has 0 unspecified atom stereocenters. The molecule has 1 atom stereocenters. The van der Waals surface area contributed by atoms with Crippen molar-refractivity contribution >= 4 is 18.0 Å². The normalized spacial score (nSPS) is 12.2. The number of alkyl carbamates (subject to hydrolysis) is 1. The maximum absolute atomic E-state index is 13.6. The van der Waals surface area contributed by atoms with Gasteiger partial charge in [-0.25, -0.2) is 18.8 Å². The summed E-state index contributed by atoms with van der Waals surface area (Å²) in [6, 6.07) is 2.26. The highest BCUT2D eigenvalue weighted by atomic mass is 19.1. The molecule has 0 radical (unpaired) electrons. The van der Waals surface area contributed by atoms with Crippen molar-refractivity contribution in [2.45, 2.75) is 38.8 Å². The quantitative estimate of drug-likeness (QED) is 0.796. The van der Waals surface area contributed by atoms with Crippen LogP contribution in [0, 0.1) is 5.82 Å². The number of amides is 1. The van der Waals surface area contributed by atoms with Gasteiger partial charge in [0.15, 0.2) is 0 Å². The molecular formula is C16H20FNO6. The van der Waals surface area contributed by atoms with Crippen LogP contribution in [0.15, 0.2) is 18.2 Å². The molecule has 0 bridgehead atoms. The van der Waals surface area contributed by atoms with Crippen molar-refractivity contribution in [1.29, 1.82) is 0 Å². The lowest BCUT2D eigenvalue weighted by atomic mass is 10.0. The number of nitrogens with one attached hydrogen (secondary N) is 1. The number of carbonyl (C=O) groups excluding carboxylic acids is 2. The topological polar surface area (TPSA) is 102 Å². The summed E-state index contributed by atoms with van der Waals surface area (Å²) in [6.45, 7) is 4.93. The van der Waals surface area contributed by atoms with Crippen molar-refractivity contribution in [3.63, 3.8) is 0 Å². The van der Waals surface area contributed by atoms with Crippen molar-refractivity contribution in [3.8, 4) is 0 Å². The molecule has 7 nitrogen and oxygen atoms in total. The van der Waals surface area contributed by atoms with Crippen LogP contribution in [0.25, 0.3) is 0 Å². The van der Waals surface area contributed by atoms with Gasteiger partial charge in [-0.1, -0.05) is 6.07 Å². The average Bonchev–Trinajstić information content (AvgIpc) is 2.45. The van der Waals surface area contributed by atoms with Crippen LogP contribution >= 0.6 is 0 Å². The molecular weight excluding hydrogens is 321 g/mol. The summed E-state index contributed by atoms with van der Waals surface area (Å²) < 4.78 is 23.1. The Bertz CT molecular complexity index is 638. The maximum Gasteiger partial charge on any atom is 0.408 e. The van der Waals surface area contributed by atoms with Crippen molar-refractivity contribution in [1.82, 2.24) is 5.32 Å². The van der Waals surface area contributed by atoms with E-state index in [1.807, 2.05) is 0 Å². The molecule has 24 heavy (non-hydrogen) atoms. The monoisotopic (exact) mass is 341 g/mol. The number of carboxylic acid groups (broad SMARTS) is 1. The number of carbonyl (C=O) groups is 3. The fourth-order valence-electron chi connectivity index (χ4n) is 1.85. The Morgan fingerprint density at radius 3 is 2.42 bits per heavy atom. The second-order valence-electron chi connectivity index (χ2n) is 6.05. The van der Waals surface area contributed by atoms with Crippen LogP contribution < -0.4 is 5.32 Å². The van der Waals surface area contributed by atoms with E-state index in [4.69, 9.17) is 4.74 Å². The number of halogens is 1. The number of rotatable bonds is 5. The van der Waals surface area contributed by atoms with Gasteiger partial charge in [-0.3, -0.25) is 0 Å². The number of carboxylic acids is 1. The minimum absolute atomic E-state index is 0.154. The van der Waals surface area contributed by atoms with Crippen LogP contribution in [0.1, 0.15) is 36.7 Å². The summed E-state index contributed by atoms with van der Waals surface area (Å²) in [7, 11) is 1.11. The van der Waals surface area contributed by atoms with Crippen molar-refractivity contribution < 1.29 is 33.4 Å². The van der Waals surface area contributed by atoms with Gasteiger partial charge in [0.2, 0.25) is 0 Å². The van der Waals surface area contributed by atoms with E-state index in [1.165, 1.54) is 12.1 Å². The molecule has 132 valence electrons. The minimum atomic E-state index is -1.30. The minimum Gasteiger partial charge on any atom is -0.480 e. The molecule has 0 aliphatic carbocycles. The van der Waals surface area contributed by atoms with Gasteiger partial charge in [-0.15, -0.1) is 0 Å². The SMILES string of the molecule is COC(=O)c1cc(C[C@H](NC(=O)OC(C)(C)C)C(=O)O)ccc1F. The van der Waals surface area contributed by atoms with E-state index in [2.05, 4.69) is 10.1 Å². The molecule has 0 heterocycles. The number of benzene rings is 1. The third-order valence-electron chi connectivity index (χ3n) is 2.86. The van der Waals surface area contributed by atoms with E-state index in [1.54, 1.807) is 20.8 Å². The molecule has 0 fully saturated rings. The van der Waals surface area contributed by atoms with Gasteiger partial charge < -0.3 is 19.9 Å². The van der Waals surface area contributed by atoms with Crippen LogP contribution in [0.4, 0.5) is 9.18 Å². The predicted molar refractivity (Wildman–Crippen MR) is 82.2 cm³/mol. The van der Waals surface area contributed by atoms with Gasteiger partial charge in [0.1, 0.15) is 17.5 Å². The molecule has 0 aliphatic heterocycles. The van der Waals surface area contributed by atoms with Crippen LogP contribution in [0.2, 0.25) is 0 Å². The third-order valence-corrected chi connectivity index (χ3v) is 2.86. The van der Waals surface area contributed by atoms with Crippen molar-refractivity contribution in [2.24, 2.45) is 0 Å². The zero-order chi connectivity index (χ0) is 18.5. The second-order valence-corrected chi connectivity index (χ2v) is 6.05. The van der Waals surface area contributed by atoms with E-state index in [0.29, 0.717) is 5.56 Å². The predicted octanol–water partition coefficient (Wildman–Crippen LogP) is 2.13. The third kappa shape index (κ3) is 5.86. The molecule has 0 spiro atoms. The molecule has 1 rings (SSSR count). The highest BCUT2D eigenvalue weighted by molar-refractivity contribution is 5.90. The Morgan fingerprint density at radius 1 is 1.29 bits per heavy atom. The summed E-state index contributed by atoms with van der Waals surface area (Å²) >= 11 is 0. The molecule has 2 N–H and O–H groups in total. The smallest absolute Gasteiger partial charge is 0.408 e. The summed E-state index contributed by atoms with van der Waals surface area (Å²) in [5.74, 6) is -2.94. The fraction of sp³-hybridized carbons (Fsp3) is 0.438. The second kappa shape index (κ2) is 7.76. The molecule has 1 aromatic rings. The number of esters is 1. The van der Waals surface area contributed by atoms with Gasteiger partial charge in [-0.2, -0.15) is 0 Å². The summed E-state index contributed by atoms with van der Waals surface area (Å²) in [5.41, 5.74) is -0.738. The van der Waals surface area contributed by atoms with E-state index in [0.717, 1.165) is 13.2 Å². The van der Waals surface area contributed by atoms with Crippen LogP contribution in [-0.2, 0) is 20.7 Å². The van der Waals surface area contributed by atoms with E-state index in [-0.39, 0.29) is 12.0 Å². The van der Waals surface area contributed by atoms with Crippen molar-refractivity contribution in [2.75, 3.05) is 7.11 Å². The van der Waals surface area contributed by atoms with Gasteiger partial charge in [-0.05, 0) is 38.5 Å². The first-order valence-corrected chi connectivity index (χ1v) is 7.12. The largest absolute Gasteiger partial charge is 0.480 e. The Kier molecular flexibility index (Phi) is 6.27. The number of ether oxygens (including phenoxy) is 2. The van der Waals surface area contributed by atoms with Crippen LogP contribution in [-0.4, -0.2) is 41.9 Å². The van der Waals surface area contributed by atoms with Gasteiger partial charge in [0.05, 0.1) is 12.7 Å². The molecule has 1 aromatic carbocycles. The summed E-state index contributed by atoms with van der Waals surface area (Å²) in [4.78, 5) is 34.5. The Morgan fingerprint density at radius 2 is 1.92 bits per heavy atom. The average molecular weight is 341 g/mol. The lowest BCUT2D eigenvalue weighted by Crippen LogP contribution is -2.44. The van der Waals surface area contributed by atoms with Gasteiger partial charge in [0.25, 0.3) is 0 Å².